The molecule has 0 bridgehead atoms. The number of nitrogen functional groups attached to an aromatic ring is 1. The van der Waals surface area contributed by atoms with Gasteiger partial charge in [0.1, 0.15) is 5.82 Å². The van der Waals surface area contributed by atoms with Crippen molar-refractivity contribution in [3.8, 4) is 0 Å². The van der Waals surface area contributed by atoms with Gasteiger partial charge < -0.3 is 5.73 Å². The molecule has 3 nitrogen and oxygen atoms in total. The fourth-order valence-electron chi connectivity index (χ4n) is 2.14. The number of likely N-dealkylation sites (tertiary alicyclic amines) is 1. The van der Waals surface area contributed by atoms with Crippen LogP contribution in [0.5, 0.6) is 0 Å². The number of rotatable bonds is 1. The van der Waals surface area contributed by atoms with Gasteiger partial charge in [-0.1, -0.05) is 6.42 Å². The lowest BCUT2D eigenvalue weighted by molar-refractivity contribution is 0.187. The van der Waals surface area contributed by atoms with Crippen LogP contribution in [-0.4, -0.2) is 23.5 Å². The van der Waals surface area contributed by atoms with Gasteiger partial charge in [-0.15, -0.1) is 0 Å². The van der Waals surface area contributed by atoms with E-state index in [1.54, 1.807) is 0 Å². The monoisotopic (exact) mass is 269 g/mol. The molecule has 1 aromatic rings. The van der Waals surface area contributed by atoms with Gasteiger partial charge in [0.05, 0.1) is 4.47 Å². The van der Waals surface area contributed by atoms with Gasteiger partial charge >= 0.3 is 0 Å². The van der Waals surface area contributed by atoms with Crippen molar-refractivity contribution in [3.05, 3.63) is 22.3 Å². The Balaban J connectivity index is 2.24. The Labute approximate surface area is 98.8 Å². The number of anilines is 1. The van der Waals surface area contributed by atoms with Gasteiger partial charge in [0.15, 0.2) is 0 Å². The van der Waals surface area contributed by atoms with Crippen LogP contribution in [0.3, 0.4) is 0 Å². The maximum absolute atomic E-state index is 5.68. The van der Waals surface area contributed by atoms with Crippen LogP contribution >= 0.6 is 15.9 Å². The summed E-state index contributed by atoms with van der Waals surface area (Å²) in [5.74, 6) is 0.567. The lowest BCUT2D eigenvalue weighted by Crippen LogP contribution is -2.29. The molecular formula is C11H16BrN3. The Morgan fingerprint density at radius 2 is 2.33 bits per heavy atom. The maximum atomic E-state index is 5.68. The minimum absolute atomic E-state index is 0.503. The van der Waals surface area contributed by atoms with E-state index in [0.29, 0.717) is 11.9 Å². The number of aromatic nitrogens is 1. The summed E-state index contributed by atoms with van der Waals surface area (Å²) >= 11 is 3.43. The number of halogens is 1. The van der Waals surface area contributed by atoms with Crippen LogP contribution in [0.1, 0.15) is 30.9 Å². The lowest BCUT2D eigenvalue weighted by atomic mass is 9.97. The molecule has 0 spiro atoms. The molecule has 1 aliphatic rings. The highest BCUT2D eigenvalue weighted by Gasteiger charge is 2.21. The molecule has 1 atom stereocenters. The van der Waals surface area contributed by atoms with Crippen molar-refractivity contribution in [3.63, 3.8) is 0 Å². The van der Waals surface area contributed by atoms with Crippen molar-refractivity contribution in [2.24, 2.45) is 0 Å². The smallest absolute Gasteiger partial charge is 0.137 e. The Bertz CT molecular complexity index is 354. The molecule has 1 unspecified atom stereocenters. The Morgan fingerprint density at radius 3 is 3.00 bits per heavy atom. The van der Waals surface area contributed by atoms with Crippen molar-refractivity contribution in [1.29, 1.82) is 0 Å². The molecule has 0 amide bonds. The molecular weight excluding hydrogens is 254 g/mol. The molecule has 15 heavy (non-hydrogen) atoms. The zero-order chi connectivity index (χ0) is 10.8. The standard InChI is InChI=1S/C11H16BrN3/c1-15-5-3-2-4-10(15)8-6-9(12)11(13)14-7-8/h6-7,10H,2-5H2,1H3,(H2,13,14). The van der Waals surface area contributed by atoms with Crippen LogP contribution in [0.2, 0.25) is 0 Å². The maximum Gasteiger partial charge on any atom is 0.137 e. The van der Waals surface area contributed by atoms with E-state index >= 15 is 0 Å². The third kappa shape index (κ3) is 2.32. The quantitative estimate of drug-likeness (QED) is 0.852. The van der Waals surface area contributed by atoms with Crippen LogP contribution in [0.4, 0.5) is 5.82 Å². The molecule has 2 rings (SSSR count). The second-order valence-corrected chi connectivity index (χ2v) is 4.98. The van der Waals surface area contributed by atoms with Crippen molar-refractivity contribution in [1.82, 2.24) is 9.88 Å². The zero-order valence-electron chi connectivity index (χ0n) is 8.91. The Hall–Kier alpha value is -0.610. The minimum Gasteiger partial charge on any atom is -0.383 e. The highest BCUT2D eigenvalue weighted by Crippen LogP contribution is 2.31. The first-order chi connectivity index (χ1) is 7.18. The van der Waals surface area contributed by atoms with Crippen LogP contribution in [0.25, 0.3) is 0 Å². The third-order valence-electron chi connectivity index (χ3n) is 3.05. The summed E-state index contributed by atoms with van der Waals surface area (Å²) in [4.78, 5) is 6.58. The van der Waals surface area contributed by atoms with Crippen molar-refractivity contribution < 1.29 is 0 Å². The van der Waals surface area contributed by atoms with Crippen molar-refractivity contribution >= 4 is 21.7 Å². The first kappa shape index (κ1) is 10.9. The summed E-state index contributed by atoms with van der Waals surface area (Å²) in [5.41, 5.74) is 6.94. The van der Waals surface area contributed by atoms with Crippen LogP contribution in [0, 0.1) is 0 Å². The predicted octanol–water partition coefficient (Wildman–Crippen LogP) is 2.58. The summed E-state index contributed by atoms with van der Waals surface area (Å²) in [6.45, 7) is 1.17. The first-order valence-corrected chi connectivity index (χ1v) is 6.09. The molecule has 2 heterocycles. The Kier molecular flexibility index (Phi) is 3.26. The molecule has 1 fully saturated rings. The topological polar surface area (TPSA) is 42.2 Å². The van der Waals surface area contributed by atoms with E-state index in [4.69, 9.17) is 5.73 Å². The number of nitrogens with two attached hydrogens (primary N) is 1. The second-order valence-electron chi connectivity index (χ2n) is 4.13. The van der Waals surface area contributed by atoms with Gasteiger partial charge in [-0.3, -0.25) is 4.90 Å². The number of nitrogens with zero attached hydrogens (tertiary/aromatic N) is 2. The second kappa shape index (κ2) is 4.49. The largest absolute Gasteiger partial charge is 0.383 e. The molecule has 0 aliphatic carbocycles. The normalized spacial score (nSPS) is 22.9. The molecule has 2 N–H and O–H groups in total. The Morgan fingerprint density at radius 1 is 1.53 bits per heavy atom. The van der Waals surface area contributed by atoms with Gasteiger partial charge in [0.2, 0.25) is 0 Å². The van der Waals surface area contributed by atoms with Gasteiger partial charge in [-0.05, 0) is 54.0 Å². The predicted molar refractivity (Wildman–Crippen MR) is 65.6 cm³/mol. The van der Waals surface area contributed by atoms with E-state index < -0.39 is 0 Å². The van der Waals surface area contributed by atoms with Crippen LogP contribution < -0.4 is 5.73 Å². The number of piperidine rings is 1. The van der Waals surface area contributed by atoms with Crippen LogP contribution in [-0.2, 0) is 0 Å². The van der Waals surface area contributed by atoms with E-state index in [0.717, 1.165) is 4.47 Å². The average molecular weight is 270 g/mol. The van der Waals surface area contributed by atoms with Gasteiger partial charge in [-0.25, -0.2) is 4.98 Å². The average Bonchev–Trinajstić information content (AvgIpc) is 2.23. The molecule has 1 aliphatic heterocycles. The fraction of sp³-hybridized carbons (Fsp3) is 0.545. The molecule has 4 heteroatoms. The minimum atomic E-state index is 0.503. The van der Waals surface area contributed by atoms with Crippen molar-refractivity contribution in [2.75, 3.05) is 19.3 Å². The summed E-state index contributed by atoms with van der Waals surface area (Å²) in [7, 11) is 2.17. The lowest BCUT2D eigenvalue weighted by Gasteiger charge is -2.32. The highest BCUT2D eigenvalue weighted by molar-refractivity contribution is 9.10. The van der Waals surface area contributed by atoms with Gasteiger partial charge in [0.25, 0.3) is 0 Å². The van der Waals surface area contributed by atoms with E-state index in [-0.39, 0.29) is 0 Å². The summed E-state index contributed by atoms with van der Waals surface area (Å²) in [6.07, 6.45) is 5.72. The number of pyridine rings is 1. The molecule has 82 valence electrons. The SMILES string of the molecule is CN1CCCCC1c1cnc(N)c(Br)c1. The van der Waals surface area contributed by atoms with Crippen molar-refractivity contribution in [2.45, 2.75) is 25.3 Å². The summed E-state index contributed by atoms with van der Waals surface area (Å²) in [5, 5.41) is 0. The summed E-state index contributed by atoms with van der Waals surface area (Å²) < 4.78 is 0.902. The molecule has 1 saturated heterocycles. The number of hydrogen-bond donors (Lipinski definition) is 1. The van der Waals surface area contributed by atoms with Crippen LogP contribution in [0.15, 0.2) is 16.7 Å². The first-order valence-electron chi connectivity index (χ1n) is 5.29. The van der Waals surface area contributed by atoms with E-state index in [1.807, 2.05) is 6.20 Å². The fourth-order valence-corrected chi connectivity index (χ4v) is 2.51. The highest BCUT2D eigenvalue weighted by atomic mass is 79.9. The van der Waals surface area contributed by atoms with Gasteiger partial charge in [0, 0.05) is 12.2 Å². The van der Waals surface area contributed by atoms with E-state index in [2.05, 4.69) is 38.9 Å². The molecule has 0 saturated carbocycles. The molecule has 1 aromatic heterocycles. The third-order valence-corrected chi connectivity index (χ3v) is 3.68. The molecule has 0 radical (unpaired) electrons. The van der Waals surface area contributed by atoms with E-state index in [9.17, 15) is 0 Å². The zero-order valence-corrected chi connectivity index (χ0v) is 10.5. The number of hydrogen-bond acceptors (Lipinski definition) is 3. The molecule has 0 aromatic carbocycles. The van der Waals surface area contributed by atoms with E-state index in [1.165, 1.54) is 31.4 Å². The van der Waals surface area contributed by atoms with Gasteiger partial charge in [-0.2, -0.15) is 0 Å². The summed E-state index contributed by atoms with van der Waals surface area (Å²) in [6, 6.07) is 2.60.